The van der Waals surface area contributed by atoms with E-state index in [1.54, 1.807) is 11.3 Å². The Balaban J connectivity index is 2.20. The molecule has 1 aromatic rings. The topological polar surface area (TPSA) is 38.3 Å². The second kappa shape index (κ2) is 3.79. The van der Waals surface area contributed by atoms with E-state index in [1.807, 2.05) is 6.92 Å². The van der Waals surface area contributed by atoms with Gasteiger partial charge >= 0.3 is 6.09 Å². The van der Waals surface area contributed by atoms with Crippen LogP contribution in [0.3, 0.4) is 0 Å². The fourth-order valence-electron chi connectivity index (χ4n) is 1.67. The summed E-state index contributed by atoms with van der Waals surface area (Å²) in [5.74, 6) is 0.242. The predicted molar refractivity (Wildman–Crippen MR) is 63.3 cm³/mol. The van der Waals surface area contributed by atoms with Crippen LogP contribution in [0.25, 0.3) is 0 Å². The van der Waals surface area contributed by atoms with Gasteiger partial charge in [0.25, 0.3) is 0 Å². The average molecular weight is 290 g/mol. The van der Waals surface area contributed by atoms with Gasteiger partial charge in [0.1, 0.15) is 6.61 Å². The van der Waals surface area contributed by atoms with Gasteiger partial charge in [0.15, 0.2) is 0 Å². The van der Waals surface area contributed by atoms with Crippen LogP contribution < -0.4 is 5.32 Å². The zero-order valence-corrected chi connectivity index (χ0v) is 10.9. The van der Waals surface area contributed by atoms with Gasteiger partial charge in [-0.05, 0) is 39.9 Å². The van der Waals surface area contributed by atoms with Crippen molar-refractivity contribution in [2.45, 2.75) is 25.3 Å². The van der Waals surface area contributed by atoms with E-state index in [1.165, 1.54) is 5.56 Å². The molecule has 0 spiro atoms. The van der Waals surface area contributed by atoms with E-state index in [4.69, 9.17) is 4.74 Å². The number of hydrogen-bond donors (Lipinski definition) is 1. The first-order valence-electron chi connectivity index (χ1n) is 4.70. The van der Waals surface area contributed by atoms with Crippen LogP contribution in [0.15, 0.2) is 15.2 Å². The van der Waals surface area contributed by atoms with Crippen molar-refractivity contribution in [3.05, 3.63) is 20.8 Å². The van der Waals surface area contributed by atoms with Crippen LogP contribution in [0.1, 0.15) is 25.3 Å². The number of carbonyl (C=O) groups excluding carboxylic acids is 1. The highest BCUT2D eigenvalue weighted by molar-refractivity contribution is 9.11. The van der Waals surface area contributed by atoms with Gasteiger partial charge in [-0.1, -0.05) is 6.92 Å². The molecule has 0 aromatic carbocycles. The third-order valence-electron chi connectivity index (χ3n) is 2.93. The van der Waals surface area contributed by atoms with E-state index in [2.05, 4.69) is 39.6 Å². The second-order valence-electron chi connectivity index (χ2n) is 4.02. The Hall–Kier alpha value is -0.550. The third-order valence-corrected chi connectivity index (χ3v) is 4.46. The Bertz CT molecular complexity index is 393. The summed E-state index contributed by atoms with van der Waals surface area (Å²) >= 11 is 5.09. The molecule has 0 radical (unpaired) electrons. The molecule has 2 rings (SSSR count). The number of cyclic esters (lactones) is 1. The Morgan fingerprint density at radius 2 is 2.47 bits per heavy atom. The van der Waals surface area contributed by atoms with Crippen molar-refractivity contribution >= 4 is 33.4 Å². The van der Waals surface area contributed by atoms with Gasteiger partial charge in [0.05, 0.1) is 9.33 Å². The van der Waals surface area contributed by atoms with Crippen molar-refractivity contribution in [2.75, 3.05) is 6.61 Å². The minimum atomic E-state index is -0.321. The fourth-order valence-corrected chi connectivity index (χ4v) is 2.94. The maximum atomic E-state index is 11.1. The fraction of sp³-hybridized carbons (Fsp3) is 0.500. The van der Waals surface area contributed by atoms with Crippen LogP contribution in [0.4, 0.5) is 4.79 Å². The van der Waals surface area contributed by atoms with Crippen molar-refractivity contribution in [3.8, 4) is 0 Å². The molecule has 82 valence electrons. The minimum absolute atomic E-state index is 0.242. The highest BCUT2D eigenvalue weighted by atomic mass is 79.9. The number of carbonyl (C=O) groups is 1. The summed E-state index contributed by atoms with van der Waals surface area (Å²) in [6.45, 7) is 4.54. The van der Waals surface area contributed by atoms with Crippen molar-refractivity contribution in [2.24, 2.45) is 0 Å². The quantitative estimate of drug-likeness (QED) is 0.909. The maximum Gasteiger partial charge on any atom is 0.407 e. The number of amides is 1. The molecular formula is C10H12BrNO2S. The Kier molecular flexibility index (Phi) is 2.77. The van der Waals surface area contributed by atoms with E-state index >= 15 is 0 Å². The van der Waals surface area contributed by atoms with Crippen LogP contribution in [0.2, 0.25) is 0 Å². The molecular weight excluding hydrogens is 278 g/mol. The number of thiophene rings is 1. The summed E-state index contributed by atoms with van der Waals surface area (Å²) < 4.78 is 6.07. The Morgan fingerprint density at radius 1 is 1.73 bits per heavy atom. The normalized spacial score (nSPS) is 27.3. The molecule has 1 aromatic heterocycles. The first-order chi connectivity index (χ1) is 7.01. The SMILES string of the molecule is CC(c1csc(Br)c1)C1(C)COC(=O)N1. The molecule has 1 N–H and O–H groups in total. The van der Waals surface area contributed by atoms with Crippen molar-refractivity contribution in [1.29, 1.82) is 0 Å². The van der Waals surface area contributed by atoms with E-state index in [0.717, 1.165) is 3.79 Å². The lowest BCUT2D eigenvalue weighted by Crippen LogP contribution is -2.44. The molecule has 1 amide bonds. The first kappa shape index (κ1) is 11.0. The summed E-state index contributed by atoms with van der Waals surface area (Å²) in [6, 6.07) is 2.09. The van der Waals surface area contributed by atoms with E-state index in [9.17, 15) is 4.79 Å². The summed E-state index contributed by atoms with van der Waals surface area (Å²) in [7, 11) is 0. The predicted octanol–water partition coefficient (Wildman–Crippen LogP) is 3.11. The molecule has 3 nitrogen and oxygen atoms in total. The number of rotatable bonds is 2. The standard InChI is InChI=1S/C10H12BrNO2S/c1-6(7-3-8(11)15-4-7)10(2)5-14-9(13)12-10/h3-4,6H,5H2,1-2H3,(H,12,13). The largest absolute Gasteiger partial charge is 0.447 e. The maximum absolute atomic E-state index is 11.1. The summed E-state index contributed by atoms with van der Waals surface area (Å²) in [5.41, 5.74) is 0.928. The number of hydrogen-bond acceptors (Lipinski definition) is 3. The average Bonchev–Trinajstić information content (AvgIpc) is 2.73. The van der Waals surface area contributed by atoms with Gasteiger partial charge in [0.2, 0.25) is 0 Å². The van der Waals surface area contributed by atoms with Gasteiger partial charge in [0, 0.05) is 5.92 Å². The molecule has 15 heavy (non-hydrogen) atoms. The summed E-state index contributed by atoms with van der Waals surface area (Å²) in [4.78, 5) is 11.1. The van der Waals surface area contributed by atoms with Crippen molar-refractivity contribution in [3.63, 3.8) is 0 Å². The van der Waals surface area contributed by atoms with Crippen LogP contribution >= 0.6 is 27.3 Å². The number of halogens is 1. The molecule has 0 aliphatic carbocycles. The zero-order chi connectivity index (χ0) is 11.1. The molecule has 2 atom stereocenters. The summed E-state index contributed by atoms with van der Waals surface area (Å²) in [5, 5.41) is 4.97. The third kappa shape index (κ3) is 2.03. The van der Waals surface area contributed by atoms with Crippen LogP contribution in [-0.4, -0.2) is 18.2 Å². The number of ether oxygens (including phenoxy) is 1. The highest BCUT2D eigenvalue weighted by Gasteiger charge is 2.40. The lowest BCUT2D eigenvalue weighted by atomic mass is 9.84. The van der Waals surface area contributed by atoms with Crippen LogP contribution in [0.5, 0.6) is 0 Å². The molecule has 1 saturated heterocycles. The van der Waals surface area contributed by atoms with Gasteiger partial charge in [-0.15, -0.1) is 11.3 Å². The molecule has 0 saturated carbocycles. The van der Waals surface area contributed by atoms with Gasteiger partial charge in [-0.2, -0.15) is 0 Å². The number of alkyl carbamates (subject to hydrolysis) is 1. The van der Waals surface area contributed by atoms with Crippen LogP contribution in [0, 0.1) is 0 Å². The number of nitrogens with one attached hydrogen (secondary N) is 1. The Morgan fingerprint density at radius 3 is 2.93 bits per heavy atom. The van der Waals surface area contributed by atoms with E-state index in [0.29, 0.717) is 6.61 Å². The van der Waals surface area contributed by atoms with Gasteiger partial charge < -0.3 is 10.1 Å². The van der Waals surface area contributed by atoms with Gasteiger partial charge in [-0.3, -0.25) is 0 Å². The van der Waals surface area contributed by atoms with E-state index in [-0.39, 0.29) is 17.6 Å². The highest BCUT2D eigenvalue weighted by Crippen LogP contribution is 2.34. The second-order valence-corrected chi connectivity index (χ2v) is 6.31. The van der Waals surface area contributed by atoms with Crippen molar-refractivity contribution < 1.29 is 9.53 Å². The van der Waals surface area contributed by atoms with E-state index < -0.39 is 0 Å². The van der Waals surface area contributed by atoms with Crippen molar-refractivity contribution in [1.82, 2.24) is 5.32 Å². The van der Waals surface area contributed by atoms with Gasteiger partial charge in [-0.25, -0.2) is 4.79 Å². The molecule has 2 heterocycles. The lowest BCUT2D eigenvalue weighted by molar-refractivity contribution is 0.171. The Labute approximate surface area is 101 Å². The molecule has 1 aliphatic heterocycles. The molecule has 2 unspecified atom stereocenters. The molecule has 1 fully saturated rings. The summed E-state index contributed by atoms with van der Waals surface area (Å²) in [6.07, 6.45) is -0.321. The zero-order valence-electron chi connectivity index (χ0n) is 8.54. The first-order valence-corrected chi connectivity index (χ1v) is 6.37. The smallest absolute Gasteiger partial charge is 0.407 e. The minimum Gasteiger partial charge on any atom is -0.447 e. The molecule has 0 bridgehead atoms. The molecule has 1 aliphatic rings. The monoisotopic (exact) mass is 289 g/mol. The lowest BCUT2D eigenvalue weighted by Gasteiger charge is -2.28. The van der Waals surface area contributed by atoms with Crippen LogP contribution in [-0.2, 0) is 4.74 Å². The molecule has 5 heteroatoms.